The summed E-state index contributed by atoms with van der Waals surface area (Å²) >= 11 is 0. The Hall–Kier alpha value is -2.63. The van der Waals surface area contributed by atoms with Gasteiger partial charge in [-0.15, -0.1) is 0 Å². The lowest BCUT2D eigenvalue weighted by Crippen LogP contribution is -2.17. The van der Waals surface area contributed by atoms with Crippen LogP contribution in [0.2, 0.25) is 0 Å². The SMILES string of the molecule is Cc1cc(C(=O)Nc2ccc(N(C)C)cc2)nc(NCCC(C)C)n1. The molecule has 0 saturated heterocycles. The fourth-order valence-corrected chi connectivity index (χ4v) is 2.27. The lowest BCUT2D eigenvalue weighted by molar-refractivity contribution is 0.102. The van der Waals surface area contributed by atoms with Crippen molar-refractivity contribution in [2.24, 2.45) is 5.92 Å². The molecular formula is C19H27N5O. The van der Waals surface area contributed by atoms with Crippen LogP contribution in [0.3, 0.4) is 0 Å². The molecule has 0 saturated carbocycles. The number of rotatable bonds is 7. The van der Waals surface area contributed by atoms with E-state index in [-0.39, 0.29) is 5.91 Å². The van der Waals surface area contributed by atoms with Crippen molar-refractivity contribution in [2.45, 2.75) is 27.2 Å². The maximum atomic E-state index is 12.5. The molecule has 134 valence electrons. The van der Waals surface area contributed by atoms with Gasteiger partial charge in [0.25, 0.3) is 5.91 Å². The van der Waals surface area contributed by atoms with Crippen molar-refractivity contribution in [1.29, 1.82) is 0 Å². The van der Waals surface area contributed by atoms with Crippen molar-refractivity contribution >= 4 is 23.2 Å². The third-order valence-corrected chi connectivity index (χ3v) is 3.73. The Morgan fingerprint density at radius 3 is 2.44 bits per heavy atom. The number of aryl methyl sites for hydroxylation is 1. The molecule has 0 unspecified atom stereocenters. The summed E-state index contributed by atoms with van der Waals surface area (Å²) in [7, 11) is 3.95. The van der Waals surface area contributed by atoms with E-state index in [2.05, 4.69) is 34.4 Å². The maximum Gasteiger partial charge on any atom is 0.274 e. The van der Waals surface area contributed by atoms with Gasteiger partial charge in [-0.25, -0.2) is 9.97 Å². The molecule has 0 aliphatic carbocycles. The zero-order valence-corrected chi connectivity index (χ0v) is 15.6. The zero-order chi connectivity index (χ0) is 18.4. The fraction of sp³-hybridized carbons (Fsp3) is 0.421. The molecule has 0 aliphatic heterocycles. The highest BCUT2D eigenvalue weighted by Gasteiger charge is 2.11. The van der Waals surface area contributed by atoms with Crippen LogP contribution < -0.4 is 15.5 Å². The topological polar surface area (TPSA) is 70.2 Å². The van der Waals surface area contributed by atoms with Crippen molar-refractivity contribution in [3.05, 3.63) is 41.7 Å². The van der Waals surface area contributed by atoms with E-state index in [0.29, 0.717) is 17.6 Å². The average Bonchev–Trinajstić information content (AvgIpc) is 2.54. The van der Waals surface area contributed by atoms with Crippen LogP contribution in [-0.2, 0) is 0 Å². The second-order valence-electron chi connectivity index (χ2n) is 6.72. The van der Waals surface area contributed by atoms with E-state index < -0.39 is 0 Å². The number of nitrogens with one attached hydrogen (secondary N) is 2. The van der Waals surface area contributed by atoms with Gasteiger partial charge in [-0.2, -0.15) is 0 Å². The van der Waals surface area contributed by atoms with Gasteiger partial charge in [0.2, 0.25) is 5.95 Å². The Morgan fingerprint density at radius 1 is 1.16 bits per heavy atom. The summed E-state index contributed by atoms with van der Waals surface area (Å²) in [6.45, 7) is 6.98. The number of carbonyl (C=O) groups is 1. The predicted octanol–water partition coefficient (Wildman–Crippen LogP) is 3.56. The summed E-state index contributed by atoms with van der Waals surface area (Å²) in [6.07, 6.45) is 1.02. The molecule has 0 radical (unpaired) electrons. The van der Waals surface area contributed by atoms with E-state index in [1.54, 1.807) is 6.07 Å². The summed E-state index contributed by atoms with van der Waals surface area (Å²) in [4.78, 5) is 23.2. The molecule has 25 heavy (non-hydrogen) atoms. The summed E-state index contributed by atoms with van der Waals surface area (Å²) in [5, 5.41) is 6.07. The zero-order valence-electron chi connectivity index (χ0n) is 15.6. The van der Waals surface area contributed by atoms with Crippen LogP contribution in [0.1, 0.15) is 36.5 Å². The highest BCUT2D eigenvalue weighted by molar-refractivity contribution is 6.03. The second-order valence-corrected chi connectivity index (χ2v) is 6.72. The molecule has 2 N–H and O–H groups in total. The highest BCUT2D eigenvalue weighted by atomic mass is 16.1. The first-order valence-corrected chi connectivity index (χ1v) is 8.53. The molecule has 1 aromatic carbocycles. The first-order chi connectivity index (χ1) is 11.8. The molecule has 0 fully saturated rings. The Bertz CT molecular complexity index is 710. The molecule has 0 atom stereocenters. The van der Waals surface area contributed by atoms with Gasteiger partial charge in [-0.3, -0.25) is 4.79 Å². The number of amides is 1. The molecule has 0 spiro atoms. The highest BCUT2D eigenvalue weighted by Crippen LogP contribution is 2.16. The van der Waals surface area contributed by atoms with Crippen molar-refractivity contribution in [2.75, 3.05) is 36.2 Å². The number of hydrogen-bond donors (Lipinski definition) is 2. The van der Waals surface area contributed by atoms with Gasteiger partial charge in [0.15, 0.2) is 0 Å². The quantitative estimate of drug-likeness (QED) is 0.806. The van der Waals surface area contributed by atoms with Crippen LogP contribution >= 0.6 is 0 Å². The van der Waals surface area contributed by atoms with Crippen molar-refractivity contribution < 1.29 is 4.79 Å². The number of carbonyl (C=O) groups excluding carboxylic acids is 1. The molecular weight excluding hydrogens is 314 g/mol. The van der Waals surface area contributed by atoms with Gasteiger partial charge in [0, 0.05) is 37.7 Å². The number of anilines is 3. The van der Waals surface area contributed by atoms with E-state index in [0.717, 1.165) is 30.0 Å². The molecule has 2 rings (SSSR count). The van der Waals surface area contributed by atoms with Crippen molar-refractivity contribution in [3.63, 3.8) is 0 Å². The average molecular weight is 341 g/mol. The standard InChI is InChI=1S/C19H27N5O/c1-13(2)10-11-20-19-21-14(3)12-17(23-19)18(25)22-15-6-8-16(9-7-15)24(4)5/h6-9,12-13H,10-11H2,1-5H3,(H,22,25)(H,20,21,23). The number of nitrogens with zero attached hydrogens (tertiary/aromatic N) is 3. The fourth-order valence-electron chi connectivity index (χ4n) is 2.27. The van der Waals surface area contributed by atoms with Crippen LogP contribution in [0.5, 0.6) is 0 Å². The molecule has 1 aromatic heterocycles. The molecule has 1 heterocycles. The minimum absolute atomic E-state index is 0.241. The van der Waals surface area contributed by atoms with Crippen molar-refractivity contribution in [1.82, 2.24) is 9.97 Å². The van der Waals surface area contributed by atoms with Gasteiger partial charge in [-0.1, -0.05) is 13.8 Å². The minimum atomic E-state index is -0.241. The number of hydrogen-bond acceptors (Lipinski definition) is 5. The van der Waals surface area contributed by atoms with Crippen molar-refractivity contribution in [3.8, 4) is 0 Å². The summed E-state index contributed by atoms with van der Waals surface area (Å²) < 4.78 is 0. The van der Waals surface area contributed by atoms with E-state index in [1.165, 1.54) is 0 Å². The lowest BCUT2D eigenvalue weighted by Gasteiger charge is -2.13. The van der Waals surface area contributed by atoms with E-state index >= 15 is 0 Å². The maximum absolute atomic E-state index is 12.5. The van der Waals surface area contributed by atoms with Crippen LogP contribution in [0.15, 0.2) is 30.3 Å². The molecule has 6 heteroatoms. The molecule has 2 aromatic rings. The lowest BCUT2D eigenvalue weighted by atomic mass is 10.1. The normalized spacial score (nSPS) is 10.6. The molecule has 0 aliphatic rings. The van der Waals surface area contributed by atoms with Gasteiger partial charge < -0.3 is 15.5 Å². The summed E-state index contributed by atoms with van der Waals surface area (Å²) in [5.41, 5.74) is 2.93. The molecule has 1 amide bonds. The predicted molar refractivity (Wildman–Crippen MR) is 103 cm³/mol. The first kappa shape index (κ1) is 18.7. The third kappa shape index (κ3) is 5.74. The summed E-state index contributed by atoms with van der Waals surface area (Å²) in [6, 6.07) is 9.36. The number of aromatic nitrogens is 2. The first-order valence-electron chi connectivity index (χ1n) is 8.53. The monoisotopic (exact) mass is 341 g/mol. The van der Waals surface area contributed by atoms with Gasteiger partial charge in [-0.05, 0) is 49.6 Å². The van der Waals surface area contributed by atoms with E-state index in [1.807, 2.05) is 50.2 Å². The van der Waals surface area contributed by atoms with Gasteiger partial charge in [0.05, 0.1) is 0 Å². The minimum Gasteiger partial charge on any atom is -0.378 e. The molecule has 6 nitrogen and oxygen atoms in total. The van der Waals surface area contributed by atoms with Crippen LogP contribution in [-0.4, -0.2) is 36.5 Å². The third-order valence-electron chi connectivity index (χ3n) is 3.73. The Morgan fingerprint density at radius 2 is 1.84 bits per heavy atom. The van der Waals surface area contributed by atoms with Crippen LogP contribution in [0.4, 0.5) is 17.3 Å². The van der Waals surface area contributed by atoms with Crippen LogP contribution in [0.25, 0.3) is 0 Å². The van der Waals surface area contributed by atoms with Gasteiger partial charge in [0.1, 0.15) is 5.69 Å². The largest absolute Gasteiger partial charge is 0.378 e. The Balaban J connectivity index is 2.06. The van der Waals surface area contributed by atoms with Crippen LogP contribution in [0, 0.1) is 12.8 Å². The molecule has 0 bridgehead atoms. The smallest absolute Gasteiger partial charge is 0.274 e. The summed E-state index contributed by atoms with van der Waals surface area (Å²) in [5.74, 6) is 0.856. The van der Waals surface area contributed by atoms with E-state index in [9.17, 15) is 4.79 Å². The second kappa shape index (κ2) is 8.46. The Labute approximate surface area is 149 Å². The Kier molecular flexibility index (Phi) is 6.33. The van der Waals surface area contributed by atoms with Gasteiger partial charge >= 0.3 is 0 Å². The van der Waals surface area contributed by atoms with E-state index in [4.69, 9.17) is 0 Å². The number of benzene rings is 1.